The highest BCUT2D eigenvalue weighted by Gasteiger charge is 2.13. The van der Waals surface area contributed by atoms with E-state index in [2.05, 4.69) is 79.3 Å². The minimum absolute atomic E-state index is 0.386. The van der Waals surface area contributed by atoms with Crippen molar-refractivity contribution < 1.29 is 0 Å². The van der Waals surface area contributed by atoms with Crippen molar-refractivity contribution in [1.82, 2.24) is 9.88 Å². The van der Waals surface area contributed by atoms with Crippen LogP contribution in [0.3, 0.4) is 0 Å². The van der Waals surface area contributed by atoms with Crippen molar-refractivity contribution >= 4 is 21.6 Å². The predicted octanol–water partition coefficient (Wildman–Crippen LogP) is 4.80. The topological polar surface area (TPSA) is 16.1 Å². The molecule has 0 bridgehead atoms. The van der Waals surface area contributed by atoms with E-state index in [1.54, 1.807) is 11.3 Å². The van der Waals surface area contributed by atoms with Crippen LogP contribution in [0.1, 0.15) is 29.1 Å². The standard InChI is InChI=1S/C18H20N2S/c1-13(20(3)12-15-7-5-4-6-8-15)16-9-10-17-18(11-16)21-14(2)19-17/h4-11,13H,12H2,1-3H3. The molecule has 0 amide bonds. The first-order valence-corrected chi connectivity index (χ1v) is 8.06. The van der Waals surface area contributed by atoms with Crippen LogP contribution in [0.2, 0.25) is 0 Å². The van der Waals surface area contributed by atoms with Crippen LogP contribution in [0.25, 0.3) is 10.2 Å². The van der Waals surface area contributed by atoms with Gasteiger partial charge in [0.1, 0.15) is 0 Å². The number of fused-ring (bicyclic) bond motifs is 1. The second-order valence-corrected chi connectivity index (χ2v) is 6.77. The van der Waals surface area contributed by atoms with Gasteiger partial charge in [-0.15, -0.1) is 11.3 Å². The molecule has 0 fully saturated rings. The van der Waals surface area contributed by atoms with Gasteiger partial charge in [0.25, 0.3) is 0 Å². The molecule has 0 saturated heterocycles. The molecule has 0 saturated carbocycles. The lowest BCUT2D eigenvalue weighted by molar-refractivity contribution is 0.253. The van der Waals surface area contributed by atoms with Gasteiger partial charge in [0, 0.05) is 12.6 Å². The molecule has 2 nitrogen and oxygen atoms in total. The van der Waals surface area contributed by atoms with Gasteiger partial charge in [0.15, 0.2) is 0 Å². The number of thiazole rings is 1. The molecule has 3 heteroatoms. The van der Waals surface area contributed by atoms with E-state index in [0.717, 1.165) is 17.1 Å². The lowest BCUT2D eigenvalue weighted by Crippen LogP contribution is -2.21. The minimum Gasteiger partial charge on any atom is -0.295 e. The highest BCUT2D eigenvalue weighted by atomic mass is 32.1. The summed E-state index contributed by atoms with van der Waals surface area (Å²) in [5.41, 5.74) is 3.81. The summed E-state index contributed by atoms with van der Waals surface area (Å²) in [6.45, 7) is 5.29. The van der Waals surface area contributed by atoms with Crippen LogP contribution in [0.15, 0.2) is 48.5 Å². The summed E-state index contributed by atoms with van der Waals surface area (Å²) in [6.07, 6.45) is 0. The number of aryl methyl sites for hydroxylation is 1. The zero-order chi connectivity index (χ0) is 14.8. The Hall–Kier alpha value is -1.71. The van der Waals surface area contributed by atoms with Crippen LogP contribution in [-0.4, -0.2) is 16.9 Å². The molecule has 0 spiro atoms. The number of benzene rings is 2. The summed E-state index contributed by atoms with van der Waals surface area (Å²) in [5, 5.41) is 1.13. The molecule has 0 radical (unpaired) electrons. The fourth-order valence-corrected chi connectivity index (χ4v) is 3.45. The predicted molar refractivity (Wildman–Crippen MR) is 90.7 cm³/mol. The maximum atomic E-state index is 4.53. The molecule has 3 aromatic rings. The lowest BCUT2D eigenvalue weighted by Gasteiger charge is -2.25. The highest BCUT2D eigenvalue weighted by molar-refractivity contribution is 7.18. The number of rotatable bonds is 4. The Morgan fingerprint density at radius 1 is 1.14 bits per heavy atom. The highest BCUT2D eigenvalue weighted by Crippen LogP contribution is 2.27. The monoisotopic (exact) mass is 296 g/mol. The molecular weight excluding hydrogens is 276 g/mol. The molecule has 1 aromatic heterocycles. The molecule has 1 heterocycles. The van der Waals surface area contributed by atoms with Gasteiger partial charge in [0.2, 0.25) is 0 Å². The Morgan fingerprint density at radius 2 is 1.90 bits per heavy atom. The maximum Gasteiger partial charge on any atom is 0.0907 e. The van der Waals surface area contributed by atoms with Crippen molar-refractivity contribution in [3.63, 3.8) is 0 Å². The van der Waals surface area contributed by atoms with Gasteiger partial charge in [-0.25, -0.2) is 4.98 Å². The van der Waals surface area contributed by atoms with Gasteiger partial charge >= 0.3 is 0 Å². The zero-order valence-electron chi connectivity index (χ0n) is 12.7. The van der Waals surface area contributed by atoms with Crippen LogP contribution < -0.4 is 0 Å². The smallest absolute Gasteiger partial charge is 0.0907 e. The molecule has 108 valence electrons. The summed E-state index contributed by atoms with van der Waals surface area (Å²) in [7, 11) is 2.18. The molecule has 0 N–H and O–H groups in total. The minimum atomic E-state index is 0.386. The van der Waals surface area contributed by atoms with Crippen LogP contribution in [0.5, 0.6) is 0 Å². The number of hydrogen-bond acceptors (Lipinski definition) is 3. The number of aromatic nitrogens is 1. The van der Waals surface area contributed by atoms with Crippen molar-refractivity contribution in [2.75, 3.05) is 7.05 Å². The Kier molecular flexibility index (Phi) is 4.04. The fourth-order valence-electron chi connectivity index (χ4n) is 2.58. The van der Waals surface area contributed by atoms with Crippen LogP contribution in [0, 0.1) is 6.92 Å². The Labute approximate surface area is 130 Å². The molecule has 0 aliphatic rings. The maximum absolute atomic E-state index is 4.53. The molecule has 21 heavy (non-hydrogen) atoms. The molecule has 3 rings (SSSR count). The Balaban J connectivity index is 1.80. The van der Waals surface area contributed by atoms with Gasteiger partial charge < -0.3 is 0 Å². The first-order valence-electron chi connectivity index (χ1n) is 7.25. The third-order valence-corrected chi connectivity index (χ3v) is 4.87. The van der Waals surface area contributed by atoms with Gasteiger partial charge in [0.05, 0.1) is 15.2 Å². The Morgan fingerprint density at radius 3 is 2.67 bits per heavy atom. The second-order valence-electron chi connectivity index (χ2n) is 5.54. The number of nitrogens with zero attached hydrogens (tertiary/aromatic N) is 2. The largest absolute Gasteiger partial charge is 0.295 e. The van der Waals surface area contributed by atoms with Crippen LogP contribution in [-0.2, 0) is 6.54 Å². The second kappa shape index (κ2) is 5.96. The molecule has 0 aliphatic heterocycles. The average Bonchev–Trinajstić information content (AvgIpc) is 2.86. The first kappa shape index (κ1) is 14.2. The van der Waals surface area contributed by atoms with Crippen LogP contribution in [0.4, 0.5) is 0 Å². The number of hydrogen-bond donors (Lipinski definition) is 0. The summed E-state index contributed by atoms with van der Waals surface area (Å²) in [6, 6.07) is 17.6. The molecule has 0 aliphatic carbocycles. The van der Waals surface area contributed by atoms with Crippen molar-refractivity contribution in [2.45, 2.75) is 26.4 Å². The summed E-state index contributed by atoms with van der Waals surface area (Å²) in [4.78, 5) is 6.91. The molecular formula is C18H20N2S. The van der Waals surface area contributed by atoms with Crippen molar-refractivity contribution in [2.24, 2.45) is 0 Å². The summed E-state index contributed by atoms with van der Waals surface area (Å²) in [5.74, 6) is 0. The fraction of sp³-hybridized carbons (Fsp3) is 0.278. The van der Waals surface area contributed by atoms with E-state index < -0.39 is 0 Å². The quantitative estimate of drug-likeness (QED) is 0.687. The molecule has 1 unspecified atom stereocenters. The van der Waals surface area contributed by atoms with E-state index >= 15 is 0 Å². The van der Waals surface area contributed by atoms with Crippen molar-refractivity contribution in [3.05, 3.63) is 64.7 Å². The van der Waals surface area contributed by atoms with Gasteiger partial charge in [-0.3, -0.25) is 4.90 Å². The Bertz CT molecular complexity index is 733. The molecule has 2 aromatic carbocycles. The van der Waals surface area contributed by atoms with Gasteiger partial charge in [-0.2, -0.15) is 0 Å². The lowest BCUT2D eigenvalue weighted by atomic mass is 10.1. The van der Waals surface area contributed by atoms with E-state index in [9.17, 15) is 0 Å². The SMILES string of the molecule is Cc1nc2ccc(C(C)N(C)Cc3ccccc3)cc2s1. The molecule has 1 atom stereocenters. The average molecular weight is 296 g/mol. The normalized spacial score (nSPS) is 13.0. The van der Waals surface area contributed by atoms with E-state index in [1.165, 1.54) is 15.8 Å². The first-order chi connectivity index (χ1) is 10.1. The van der Waals surface area contributed by atoms with Crippen molar-refractivity contribution in [3.8, 4) is 0 Å². The van der Waals surface area contributed by atoms with E-state index in [1.807, 2.05) is 0 Å². The van der Waals surface area contributed by atoms with Crippen LogP contribution >= 0.6 is 11.3 Å². The summed E-state index contributed by atoms with van der Waals surface area (Å²) >= 11 is 1.77. The van der Waals surface area contributed by atoms with Gasteiger partial charge in [-0.1, -0.05) is 36.4 Å². The third-order valence-electron chi connectivity index (χ3n) is 3.94. The van der Waals surface area contributed by atoms with Crippen molar-refractivity contribution in [1.29, 1.82) is 0 Å². The van der Waals surface area contributed by atoms with Gasteiger partial charge in [-0.05, 0) is 44.2 Å². The van der Waals surface area contributed by atoms with E-state index in [4.69, 9.17) is 0 Å². The third kappa shape index (κ3) is 3.14. The summed E-state index contributed by atoms with van der Waals surface area (Å²) < 4.78 is 1.28. The van der Waals surface area contributed by atoms with E-state index in [-0.39, 0.29) is 0 Å². The zero-order valence-corrected chi connectivity index (χ0v) is 13.5. The van der Waals surface area contributed by atoms with E-state index in [0.29, 0.717) is 6.04 Å².